The lowest BCUT2D eigenvalue weighted by atomic mass is 10.1. The number of nitrogens with one attached hydrogen (secondary N) is 1. The van der Waals surface area contributed by atoms with Gasteiger partial charge in [0.25, 0.3) is 11.5 Å². The van der Waals surface area contributed by atoms with Crippen molar-refractivity contribution in [3.8, 4) is 0 Å². The highest BCUT2D eigenvalue weighted by molar-refractivity contribution is 7.15. The van der Waals surface area contributed by atoms with Crippen molar-refractivity contribution in [1.29, 1.82) is 0 Å². The fourth-order valence-corrected chi connectivity index (χ4v) is 3.14. The lowest BCUT2D eigenvalue weighted by Gasteiger charge is -2.10. The Kier molecular flexibility index (Phi) is 5.18. The largest absolute Gasteiger partial charge is 0.295 e. The first-order valence-corrected chi connectivity index (χ1v) is 9.09. The summed E-state index contributed by atoms with van der Waals surface area (Å²) in [6.45, 7) is 4.50. The molecule has 0 saturated heterocycles. The van der Waals surface area contributed by atoms with Gasteiger partial charge in [-0.05, 0) is 18.9 Å². The Morgan fingerprint density at radius 3 is 2.64 bits per heavy atom. The van der Waals surface area contributed by atoms with E-state index in [0.29, 0.717) is 22.4 Å². The van der Waals surface area contributed by atoms with Crippen molar-refractivity contribution in [1.82, 2.24) is 20.0 Å². The maximum Gasteiger partial charge on any atom is 0.278 e. The molecule has 0 aliphatic rings. The number of nitrogens with zero attached hydrogens (tertiary/aromatic N) is 4. The van der Waals surface area contributed by atoms with Crippen molar-refractivity contribution in [2.24, 2.45) is 0 Å². The van der Waals surface area contributed by atoms with Crippen LogP contribution in [0.4, 0.5) is 5.13 Å². The lowest BCUT2D eigenvalue weighted by Crippen LogP contribution is -2.27. The Bertz CT molecular complexity index is 963. The topological polar surface area (TPSA) is 89.8 Å². The second kappa shape index (κ2) is 7.52. The fraction of sp³-hybridized carbons (Fsp3) is 0.353. The van der Waals surface area contributed by atoms with E-state index in [1.807, 2.05) is 13.8 Å². The lowest BCUT2D eigenvalue weighted by molar-refractivity contribution is 0.102. The zero-order chi connectivity index (χ0) is 17.8. The molecule has 0 fully saturated rings. The van der Waals surface area contributed by atoms with Crippen LogP contribution < -0.4 is 10.9 Å². The number of fused-ring (bicyclic) bond motifs is 1. The van der Waals surface area contributed by atoms with Crippen molar-refractivity contribution >= 4 is 33.1 Å². The number of rotatable bonds is 6. The van der Waals surface area contributed by atoms with Gasteiger partial charge in [0.2, 0.25) is 5.13 Å². The maximum atomic E-state index is 12.7. The summed E-state index contributed by atoms with van der Waals surface area (Å²) in [6.07, 6.45) is 2.52. The third kappa shape index (κ3) is 3.58. The van der Waals surface area contributed by atoms with Crippen LogP contribution in [-0.4, -0.2) is 25.9 Å². The van der Waals surface area contributed by atoms with E-state index in [2.05, 4.69) is 20.6 Å². The first-order chi connectivity index (χ1) is 12.1. The van der Waals surface area contributed by atoms with Crippen LogP contribution in [0, 0.1) is 0 Å². The Morgan fingerprint density at radius 2 is 1.96 bits per heavy atom. The van der Waals surface area contributed by atoms with Crippen LogP contribution in [0.1, 0.15) is 42.2 Å². The molecule has 1 amide bonds. The summed E-state index contributed by atoms with van der Waals surface area (Å²) in [4.78, 5) is 25.3. The Hall–Kier alpha value is -2.61. The first-order valence-electron chi connectivity index (χ1n) is 8.27. The number of aryl methyl sites for hydroxylation is 2. The molecule has 1 N–H and O–H groups in total. The number of benzene rings is 1. The van der Waals surface area contributed by atoms with E-state index in [1.54, 1.807) is 24.3 Å². The Morgan fingerprint density at radius 1 is 1.20 bits per heavy atom. The van der Waals surface area contributed by atoms with E-state index >= 15 is 0 Å². The average Bonchev–Trinajstić information content (AvgIpc) is 3.09. The average molecular weight is 357 g/mol. The molecule has 0 unspecified atom stereocenters. The predicted molar refractivity (Wildman–Crippen MR) is 98.2 cm³/mol. The number of carbonyl (C=O) groups excluding carboxylic acids is 1. The summed E-state index contributed by atoms with van der Waals surface area (Å²) >= 11 is 1.33. The van der Waals surface area contributed by atoms with Crippen LogP contribution in [0.15, 0.2) is 29.1 Å². The normalized spacial score (nSPS) is 11.0. The highest BCUT2D eigenvalue weighted by Gasteiger charge is 2.18. The zero-order valence-corrected chi connectivity index (χ0v) is 15.0. The fourth-order valence-electron chi connectivity index (χ4n) is 2.47. The van der Waals surface area contributed by atoms with Crippen molar-refractivity contribution < 1.29 is 4.79 Å². The van der Waals surface area contributed by atoms with E-state index < -0.39 is 0 Å². The van der Waals surface area contributed by atoms with E-state index in [1.165, 1.54) is 16.0 Å². The molecule has 0 saturated carbocycles. The van der Waals surface area contributed by atoms with Gasteiger partial charge in [-0.3, -0.25) is 14.9 Å². The van der Waals surface area contributed by atoms with Gasteiger partial charge in [0.15, 0.2) is 5.69 Å². The molecule has 25 heavy (non-hydrogen) atoms. The number of carbonyl (C=O) groups is 1. The minimum Gasteiger partial charge on any atom is -0.295 e. The van der Waals surface area contributed by atoms with Crippen LogP contribution in [0.3, 0.4) is 0 Å². The number of aromatic nitrogens is 4. The highest BCUT2D eigenvalue weighted by Crippen LogP contribution is 2.18. The van der Waals surface area contributed by atoms with Crippen LogP contribution in [0.2, 0.25) is 0 Å². The summed E-state index contributed by atoms with van der Waals surface area (Å²) in [7, 11) is 0. The number of anilines is 1. The van der Waals surface area contributed by atoms with E-state index in [4.69, 9.17) is 0 Å². The number of amides is 1. The quantitative estimate of drug-likeness (QED) is 0.733. The Labute approximate surface area is 148 Å². The summed E-state index contributed by atoms with van der Waals surface area (Å²) in [5, 5.41) is 17.3. The van der Waals surface area contributed by atoms with E-state index in [0.717, 1.165) is 24.3 Å². The van der Waals surface area contributed by atoms with Crippen molar-refractivity contribution in [3.63, 3.8) is 0 Å². The molecular formula is C17H19N5O2S. The molecule has 2 aromatic heterocycles. The van der Waals surface area contributed by atoms with Crippen LogP contribution in [-0.2, 0) is 13.0 Å². The van der Waals surface area contributed by atoms with Crippen molar-refractivity contribution in [3.05, 3.63) is 45.3 Å². The van der Waals surface area contributed by atoms with Crippen LogP contribution in [0.5, 0.6) is 0 Å². The molecule has 0 aliphatic carbocycles. The van der Waals surface area contributed by atoms with Gasteiger partial charge >= 0.3 is 0 Å². The minimum atomic E-state index is -0.389. The SMILES string of the molecule is CCCCn1nc(C(=O)Nc2nnc(CC)s2)c2ccccc2c1=O. The second-order valence-corrected chi connectivity index (χ2v) is 6.65. The monoisotopic (exact) mass is 357 g/mol. The molecule has 1 aromatic carbocycles. The molecule has 0 aliphatic heterocycles. The molecule has 0 bridgehead atoms. The van der Waals surface area contributed by atoms with Gasteiger partial charge in [0.1, 0.15) is 5.01 Å². The van der Waals surface area contributed by atoms with Crippen LogP contribution in [0.25, 0.3) is 10.8 Å². The summed E-state index contributed by atoms with van der Waals surface area (Å²) < 4.78 is 1.37. The summed E-state index contributed by atoms with van der Waals surface area (Å²) in [5.74, 6) is -0.389. The van der Waals surface area contributed by atoms with E-state index in [9.17, 15) is 9.59 Å². The van der Waals surface area contributed by atoms with Gasteiger partial charge in [0.05, 0.1) is 5.39 Å². The van der Waals surface area contributed by atoms with Gasteiger partial charge < -0.3 is 0 Å². The summed E-state index contributed by atoms with van der Waals surface area (Å²) in [5.41, 5.74) is 0.0457. The molecule has 0 spiro atoms. The summed E-state index contributed by atoms with van der Waals surface area (Å²) in [6, 6.07) is 7.03. The molecular weight excluding hydrogens is 338 g/mol. The standard InChI is InChI=1S/C17H19N5O2S/c1-3-5-10-22-16(24)12-9-7-6-8-11(12)14(21-22)15(23)18-17-20-19-13(4-2)25-17/h6-9H,3-5,10H2,1-2H3,(H,18,20,23). The van der Waals surface area contributed by atoms with Gasteiger partial charge in [-0.25, -0.2) is 4.68 Å². The highest BCUT2D eigenvalue weighted by atomic mass is 32.1. The van der Waals surface area contributed by atoms with Gasteiger partial charge in [-0.2, -0.15) is 5.10 Å². The second-order valence-electron chi connectivity index (χ2n) is 5.58. The van der Waals surface area contributed by atoms with Crippen molar-refractivity contribution in [2.45, 2.75) is 39.7 Å². The molecule has 2 heterocycles. The number of hydrogen-bond donors (Lipinski definition) is 1. The maximum absolute atomic E-state index is 12.7. The molecule has 0 radical (unpaired) electrons. The molecule has 7 nitrogen and oxygen atoms in total. The van der Waals surface area contributed by atoms with Gasteiger partial charge in [-0.1, -0.05) is 49.8 Å². The molecule has 3 rings (SSSR count). The molecule has 130 valence electrons. The van der Waals surface area contributed by atoms with Crippen LogP contribution >= 0.6 is 11.3 Å². The van der Waals surface area contributed by atoms with E-state index in [-0.39, 0.29) is 17.2 Å². The van der Waals surface area contributed by atoms with Gasteiger partial charge in [-0.15, -0.1) is 10.2 Å². The molecule has 3 aromatic rings. The Balaban J connectivity index is 2.02. The molecule has 0 atom stereocenters. The smallest absolute Gasteiger partial charge is 0.278 e. The van der Waals surface area contributed by atoms with Gasteiger partial charge in [0, 0.05) is 11.9 Å². The third-order valence-electron chi connectivity index (χ3n) is 3.80. The minimum absolute atomic E-state index is 0.176. The third-order valence-corrected chi connectivity index (χ3v) is 4.78. The number of unbranched alkanes of at least 4 members (excludes halogenated alkanes) is 1. The zero-order valence-electron chi connectivity index (χ0n) is 14.2. The van der Waals surface area contributed by atoms with Crippen molar-refractivity contribution in [2.75, 3.05) is 5.32 Å². The number of hydrogen-bond acceptors (Lipinski definition) is 6. The predicted octanol–water partition coefficient (Wildman–Crippen LogP) is 2.86. The first kappa shape index (κ1) is 17.2. The molecule has 8 heteroatoms.